The van der Waals surface area contributed by atoms with Crippen molar-refractivity contribution in [1.29, 1.82) is 0 Å². The molecule has 1 aromatic heterocycles. The fourth-order valence-electron chi connectivity index (χ4n) is 0.810. The Morgan fingerprint density at radius 1 is 1.67 bits per heavy atom. The molecule has 15 heavy (non-hydrogen) atoms. The number of aromatic nitrogens is 2. The van der Waals surface area contributed by atoms with E-state index in [4.69, 9.17) is 21.4 Å². The molecule has 1 aromatic rings. The molecule has 0 radical (unpaired) electrons. The number of hydrogen-bond acceptors (Lipinski definition) is 5. The largest absolute Gasteiger partial charge is 0.467 e. The maximum atomic E-state index is 8.88. The van der Waals surface area contributed by atoms with Crippen LogP contribution in [0.5, 0.6) is 6.01 Å². The number of thioether (sulfide) groups is 1. The molecule has 0 fully saturated rings. The number of ether oxygens (including phenoxy) is 1. The van der Waals surface area contributed by atoms with E-state index in [9.17, 15) is 0 Å². The van der Waals surface area contributed by atoms with Crippen molar-refractivity contribution in [2.75, 3.05) is 19.5 Å². The molecule has 1 N–H and O–H groups in total. The van der Waals surface area contributed by atoms with Gasteiger partial charge in [-0.25, -0.2) is 4.98 Å². The summed E-state index contributed by atoms with van der Waals surface area (Å²) in [5.74, 6) is 0.975. The van der Waals surface area contributed by atoms with E-state index in [0.29, 0.717) is 16.1 Å². The normalized spacial score (nSPS) is 12.5. The van der Waals surface area contributed by atoms with Crippen LogP contribution in [0.4, 0.5) is 0 Å². The zero-order valence-corrected chi connectivity index (χ0v) is 10.2. The van der Waals surface area contributed by atoms with Gasteiger partial charge in [-0.2, -0.15) is 4.98 Å². The van der Waals surface area contributed by atoms with Crippen LogP contribution >= 0.6 is 23.4 Å². The first kappa shape index (κ1) is 12.5. The molecular formula is C9H13ClN2O2S. The van der Waals surface area contributed by atoms with Crippen molar-refractivity contribution < 1.29 is 9.84 Å². The van der Waals surface area contributed by atoms with E-state index in [2.05, 4.69) is 9.97 Å². The predicted octanol–water partition coefficient (Wildman–Crippen LogP) is 1.86. The first-order valence-electron chi connectivity index (χ1n) is 4.47. The van der Waals surface area contributed by atoms with Gasteiger partial charge in [0, 0.05) is 12.4 Å². The van der Waals surface area contributed by atoms with Crippen molar-refractivity contribution in [1.82, 2.24) is 9.97 Å². The minimum absolute atomic E-state index is 0.160. The fourth-order valence-corrected chi connectivity index (χ4v) is 1.95. The third-order valence-corrected chi connectivity index (χ3v) is 3.40. The van der Waals surface area contributed by atoms with Crippen LogP contribution < -0.4 is 4.74 Å². The molecular weight excluding hydrogens is 236 g/mol. The zero-order chi connectivity index (χ0) is 11.3. The summed E-state index contributed by atoms with van der Waals surface area (Å²) in [7, 11) is 1.51. The van der Waals surface area contributed by atoms with Crippen LogP contribution in [0.2, 0.25) is 5.02 Å². The molecule has 0 saturated carbocycles. The van der Waals surface area contributed by atoms with Gasteiger partial charge in [0.25, 0.3) is 0 Å². The molecule has 0 aromatic carbocycles. The van der Waals surface area contributed by atoms with Gasteiger partial charge < -0.3 is 9.84 Å². The molecule has 0 amide bonds. The zero-order valence-electron chi connectivity index (χ0n) is 8.61. The lowest BCUT2D eigenvalue weighted by atomic mass is 10.2. The van der Waals surface area contributed by atoms with E-state index in [1.54, 1.807) is 0 Å². The van der Waals surface area contributed by atoms with Crippen molar-refractivity contribution in [3.63, 3.8) is 0 Å². The van der Waals surface area contributed by atoms with Gasteiger partial charge in [0.2, 0.25) is 0 Å². The molecule has 0 bridgehead atoms. The average Bonchev–Trinajstić information content (AvgIpc) is 2.27. The number of nitrogens with zero attached hydrogens (tertiary/aromatic N) is 2. The van der Waals surface area contributed by atoms with Gasteiger partial charge in [-0.05, 0) is 5.92 Å². The van der Waals surface area contributed by atoms with Crippen molar-refractivity contribution >= 4 is 23.4 Å². The predicted molar refractivity (Wildman–Crippen MR) is 60.6 cm³/mol. The second kappa shape index (κ2) is 6.15. The average molecular weight is 249 g/mol. The Hall–Kier alpha value is -0.520. The lowest BCUT2D eigenvalue weighted by molar-refractivity contribution is 0.250. The molecule has 1 unspecified atom stereocenters. The highest BCUT2D eigenvalue weighted by Crippen LogP contribution is 2.27. The number of methoxy groups -OCH3 is 1. The topological polar surface area (TPSA) is 55.2 Å². The number of rotatable bonds is 5. The first-order chi connectivity index (χ1) is 7.17. The summed E-state index contributed by atoms with van der Waals surface area (Å²) in [5, 5.41) is 10.1. The van der Waals surface area contributed by atoms with Crippen LogP contribution in [-0.2, 0) is 0 Å². The molecule has 0 aliphatic heterocycles. The Kier molecular flexibility index (Phi) is 5.14. The molecule has 84 valence electrons. The number of aliphatic hydroxyl groups excluding tert-OH is 1. The van der Waals surface area contributed by atoms with Gasteiger partial charge in [0.05, 0.1) is 18.3 Å². The molecule has 0 spiro atoms. The van der Waals surface area contributed by atoms with Gasteiger partial charge in [-0.1, -0.05) is 18.5 Å². The van der Waals surface area contributed by atoms with E-state index in [1.165, 1.54) is 25.1 Å². The summed E-state index contributed by atoms with van der Waals surface area (Å²) in [4.78, 5) is 7.99. The molecule has 0 aliphatic rings. The van der Waals surface area contributed by atoms with E-state index in [-0.39, 0.29) is 12.5 Å². The lowest BCUT2D eigenvalue weighted by Crippen LogP contribution is -2.04. The monoisotopic (exact) mass is 248 g/mol. The van der Waals surface area contributed by atoms with E-state index in [1.807, 2.05) is 6.92 Å². The second-order valence-electron chi connectivity index (χ2n) is 3.11. The summed E-state index contributed by atoms with van der Waals surface area (Å²) < 4.78 is 4.90. The third kappa shape index (κ3) is 3.85. The SMILES string of the molecule is COc1ncc(Cl)c(SCC(C)CO)n1. The smallest absolute Gasteiger partial charge is 0.317 e. The van der Waals surface area contributed by atoms with Gasteiger partial charge in [-0.15, -0.1) is 11.8 Å². The fraction of sp³-hybridized carbons (Fsp3) is 0.556. The lowest BCUT2D eigenvalue weighted by Gasteiger charge is -2.08. The van der Waals surface area contributed by atoms with Gasteiger partial charge in [0.1, 0.15) is 5.03 Å². The Morgan fingerprint density at radius 2 is 2.40 bits per heavy atom. The number of hydrogen-bond donors (Lipinski definition) is 1. The van der Waals surface area contributed by atoms with E-state index < -0.39 is 0 Å². The Labute approximate surface area is 98.0 Å². The standard InChI is InChI=1S/C9H13ClN2O2S/c1-6(4-13)5-15-8-7(10)3-11-9(12-8)14-2/h3,6,13H,4-5H2,1-2H3. The Morgan fingerprint density at radius 3 is 3.00 bits per heavy atom. The van der Waals surface area contributed by atoms with Crippen LogP contribution in [0.15, 0.2) is 11.2 Å². The van der Waals surface area contributed by atoms with E-state index >= 15 is 0 Å². The molecule has 6 heteroatoms. The Bertz CT molecular complexity index is 325. The summed E-state index contributed by atoms with van der Waals surface area (Å²) >= 11 is 7.40. The van der Waals surface area contributed by atoms with Gasteiger partial charge >= 0.3 is 6.01 Å². The number of aliphatic hydroxyl groups is 1. The molecule has 1 heterocycles. The summed E-state index contributed by atoms with van der Waals surface area (Å²) in [6.07, 6.45) is 1.51. The maximum absolute atomic E-state index is 8.88. The van der Waals surface area contributed by atoms with Crippen LogP contribution in [0.3, 0.4) is 0 Å². The minimum Gasteiger partial charge on any atom is -0.467 e. The summed E-state index contributed by atoms with van der Waals surface area (Å²) in [5.41, 5.74) is 0. The number of halogens is 1. The molecule has 1 atom stereocenters. The van der Waals surface area contributed by atoms with Crippen LogP contribution in [-0.4, -0.2) is 34.5 Å². The highest BCUT2D eigenvalue weighted by atomic mass is 35.5. The van der Waals surface area contributed by atoms with Crippen LogP contribution in [0.1, 0.15) is 6.92 Å². The molecule has 0 aliphatic carbocycles. The van der Waals surface area contributed by atoms with Crippen molar-refractivity contribution in [2.24, 2.45) is 5.92 Å². The molecule has 0 saturated heterocycles. The summed E-state index contributed by atoms with van der Waals surface area (Å²) in [6.45, 7) is 2.12. The quantitative estimate of drug-likeness (QED) is 0.637. The van der Waals surface area contributed by atoms with E-state index in [0.717, 1.165) is 5.75 Å². The van der Waals surface area contributed by atoms with Crippen LogP contribution in [0, 0.1) is 5.92 Å². The highest BCUT2D eigenvalue weighted by molar-refractivity contribution is 7.99. The molecule has 4 nitrogen and oxygen atoms in total. The van der Waals surface area contributed by atoms with Crippen LogP contribution in [0.25, 0.3) is 0 Å². The molecule has 1 rings (SSSR count). The summed E-state index contributed by atoms with van der Waals surface area (Å²) in [6, 6.07) is 0.304. The van der Waals surface area contributed by atoms with Gasteiger partial charge in [-0.3, -0.25) is 0 Å². The maximum Gasteiger partial charge on any atom is 0.317 e. The third-order valence-electron chi connectivity index (χ3n) is 1.69. The Balaban J connectivity index is 2.66. The van der Waals surface area contributed by atoms with Gasteiger partial charge in [0.15, 0.2) is 0 Å². The van der Waals surface area contributed by atoms with Crippen molar-refractivity contribution in [3.8, 4) is 6.01 Å². The highest BCUT2D eigenvalue weighted by Gasteiger charge is 2.08. The minimum atomic E-state index is 0.160. The van der Waals surface area contributed by atoms with Crippen molar-refractivity contribution in [3.05, 3.63) is 11.2 Å². The first-order valence-corrected chi connectivity index (χ1v) is 5.84. The second-order valence-corrected chi connectivity index (χ2v) is 4.52. The van der Waals surface area contributed by atoms with Crippen molar-refractivity contribution in [2.45, 2.75) is 11.9 Å².